The normalized spacial score (nSPS) is 11.0. The number of esters is 1. The minimum Gasteiger partial charge on any atom is -0.466 e. The molecular weight excluding hydrogens is 264 g/mol. The first-order valence-electron chi connectivity index (χ1n) is 6.22. The van der Waals surface area contributed by atoms with Gasteiger partial charge in [-0.2, -0.15) is 0 Å². The topological polar surface area (TPSA) is 83.4 Å². The van der Waals surface area contributed by atoms with Crippen molar-refractivity contribution in [1.29, 1.82) is 0 Å². The molecule has 0 saturated heterocycles. The molecule has 0 aromatic carbocycles. The van der Waals surface area contributed by atoms with Crippen molar-refractivity contribution >= 4 is 17.1 Å². The van der Waals surface area contributed by atoms with Gasteiger partial charge in [0.25, 0.3) is 5.56 Å². The molecule has 0 spiro atoms. The fourth-order valence-corrected chi connectivity index (χ4v) is 2.16. The van der Waals surface area contributed by atoms with Crippen molar-refractivity contribution in [2.45, 2.75) is 20.3 Å². The Bertz CT molecular complexity index is 794. The molecule has 108 valence electrons. The molecule has 0 aliphatic heterocycles. The van der Waals surface area contributed by atoms with Crippen LogP contribution in [0.15, 0.2) is 14.0 Å². The van der Waals surface area contributed by atoms with Crippen LogP contribution in [0.25, 0.3) is 11.1 Å². The molecule has 0 fully saturated rings. The number of carbonyl (C=O) groups excluding carboxylic acids is 1. The van der Waals surface area contributed by atoms with Crippen molar-refractivity contribution in [1.82, 2.24) is 9.13 Å². The number of nitrogens with zero attached hydrogens (tertiary/aromatic N) is 2. The second-order valence-electron chi connectivity index (χ2n) is 4.50. The van der Waals surface area contributed by atoms with Gasteiger partial charge in [0.15, 0.2) is 0 Å². The molecule has 0 saturated carbocycles. The average Bonchev–Trinajstić information content (AvgIpc) is 2.72. The van der Waals surface area contributed by atoms with Gasteiger partial charge in [-0.3, -0.25) is 18.7 Å². The van der Waals surface area contributed by atoms with Gasteiger partial charge < -0.3 is 9.15 Å². The molecule has 0 aliphatic carbocycles. The third-order valence-corrected chi connectivity index (χ3v) is 3.21. The summed E-state index contributed by atoms with van der Waals surface area (Å²) in [5.41, 5.74) is -0.303. The molecule has 2 aromatic heterocycles. The Kier molecular flexibility index (Phi) is 3.52. The monoisotopic (exact) mass is 280 g/mol. The molecule has 2 rings (SSSR count). The largest absolute Gasteiger partial charge is 0.466 e. The molecule has 0 radical (unpaired) electrons. The van der Waals surface area contributed by atoms with E-state index in [0.29, 0.717) is 11.3 Å². The predicted molar refractivity (Wildman–Crippen MR) is 71.8 cm³/mol. The number of carbonyl (C=O) groups is 1. The highest BCUT2D eigenvalue weighted by molar-refractivity contribution is 5.84. The number of ether oxygens (including phenoxy) is 1. The molecule has 7 nitrogen and oxygen atoms in total. The fraction of sp³-hybridized carbons (Fsp3) is 0.462. The summed E-state index contributed by atoms with van der Waals surface area (Å²) in [5, 5.41) is 0.250. The summed E-state index contributed by atoms with van der Waals surface area (Å²) in [6, 6.07) is 0. The first kappa shape index (κ1) is 14.1. The molecule has 7 heteroatoms. The summed E-state index contributed by atoms with van der Waals surface area (Å²) >= 11 is 0. The van der Waals surface area contributed by atoms with Crippen LogP contribution in [0.4, 0.5) is 0 Å². The van der Waals surface area contributed by atoms with Crippen LogP contribution >= 0.6 is 0 Å². The van der Waals surface area contributed by atoms with Crippen LogP contribution in [0.2, 0.25) is 0 Å². The van der Waals surface area contributed by atoms with Crippen molar-refractivity contribution in [2.75, 3.05) is 6.61 Å². The molecule has 0 atom stereocenters. The van der Waals surface area contributed by atoms with Gasteiger partial charge in [-0.05, 0) is 13.8 Å². The number of rotatable bonds is 3. The van der Waals surface area contributed by atoms with E-state index in [4.69, 9.17) is 9.15 Å². The standard InChI is InChI=1S/C13H16N2O5/c1-5-19-9(16)6-8-7(2)20-12-10(8)11(17)14(3)13(18)15(12)4/h5-6H2,1-4H3. The van der Waals surface area contributed by atoms with E-state index in [2.05, 4.69) is 0 Å². The van der Waals surface area contributed by atoms with Crippen LogP contribution in [0, 0.1) is 6.92 Å². The highest BCUT2D eigenvalue weighted by atomic mass is 16.5. The van der Waals surface area contributed by atoms with E-state index < -0.39 is 17.2 Å². The number of furan rings is 1. The Hall–Kier alpha value is -2.31. The maximum Gasteiger partial charge on any atom is 0.333 e. The smallest absolute Gasteiger partial charge is 0.333 e. The molecule has 2 heterocycles. The van der Waals surface area contributed by atoms with Crippen molar-refractivity contribution in [3.63, 3.8) is 0 Å². The summed E-state index contributed by atoms with van der Waals surface area (Å²) in [6.07, 6.45) is -0.0554. The van der Waals surface area contributed by atoms with Crippen molar-refractivity contribution < 1.29 is 13.9 Å². The van der Waals surface area contributed by atoms with Crippen LogP contribution in [-0.4, -0.2) is 21.7 Å². The van der Waals surface area contributed by atoms with Gasteiger partial charge >= 0.3 is 11.7 Å². The Morgan fingerprint density at radius 3 is 2.50 bits per heavy atom. The number of hydrogen-bond acceptors (Lipinski definition) is 5. The van der Waals surface area contributed by atoms with E-state index in [9.17, 15) is 14.4 Å². The van der Waals surface area contributed by atoms with Crippen molar-refractivity contribution in [2.24, 2.45) is 14.1 Å². The Balaban J connectivity index is 2.74. The lowest BCUT2D eigenvalue weighted by atomic mass is 10.1. The lowest BCUT2D eigenvalue weighted by Crippen LogP contribution is -2.36. The molecule has 2 aromatic rings. The highest BCUT2D eigenvalue weighted by Crippen LogP contribution is 2.22. The van der Waals surface area contributed by atoms with E-state index in [0.717, 1.165) is 4.57 Å². The molecule has 0 aliphatic rings. The maximum absolute atomic E-state index is 12.2. The van der Waals surface area contributed by atoms with E-state index in [1.165, 1.54) is 18.7 Å². The lowest BCUT2D eigenvalue weighted by Gasteiger charge is -2.03. The minimum absolute atomic E-state index is 0.0554. The van der Waals surface area contributed by atoms with Gasteiger partial charge in [0.05, 0.1) is 13.0 Å². The molecule has 0 bridgehead atoms. The Morgan fingerprint density at radius 1 is 1.25 bits per heavy atom. The number of aryl methyl sites for hydroxylation is 2. The second-order valence-corrected chi connectivity index (χ2v) is 4.50. The van der Waals surface area contributed by atoms with E-state index in [1.54, 1.807) is 13.8 Å². The second kappa shape index (κ2) is 4.99. The summed E-state index contributed by atoms with van der Waals surface area (Å²) in [5.74, 6) is 0.000518. The first-order valence-corrected chi connectivity index (χ1v) is 6.22. The SMILES string of the molecule is CCOC(=O)Cc1c(C)oc2c1c(=O)n(C)c(=O)n2C. The summed E-state index contributed by atoms with van der Waals surface area (Å²) in [4.78, 5) is 35.6. The molecule has 20 heavy (non-hydrogen) atoms. The van der Waals surface area contributed by atoms with Gasteiger partial charge in [0.1, 0.15) is 11.1 Å². The zero-order valence-electron chi connectivity index (χ0n) is 11.8. The van der Waals surface area contributed by atoms with Crippen LogP contribution in [0.1, 0.15) is 18.2 Å². The molecule has 0 amide bonds. The van der Waals surface area contributed by atoms with Crippen LogP contribution < -0.4 is 11.2 Å². The number of hydrogen-bond donors (Lipinski definition) is 0. The zero-order chi connectivity index (χ0) is 15.0. The highest BCUT2D eigenvalue weighted by Gasteiger charge is 2.21. The van der Waals surface area contributed by atoms with E-state index >= 15 is 0 Å². The third-order valence-electron chi connectivity index (χ3n) is 3.21. The number of fused-ring (bicyclic) bond motifs is 1. The molecule has 0 unspecified atom stereocenters. The molecular formula is C13H16N2O5. The maximum atomic E-state index is 12.2. The summed E-state index contributed by atoms with van der Waals surface area (Å²) < 4.78 is 12.6. The Labute approximate surface area is 114 Å². The van der Waals surface area contributed by atoms with E-state index in [1.807, 2.05) is 0 Å². The van der Waals surface area contributed by atoms with Crippen LogP contribution in [-0.2, 0) is 30.0 Å². The molecule has 0 N–H and O–H groups in total. The Morgan fingerprint density at radius 2 is 1.90 bits per heavy atom. The zero-order valence-corrected chi connectivity index (χ0v) is 11.8. The van der Waals surface area contributed by atoms with E-state index in [-0.39, 0.29) is 24.1 Å². The van der Waals surface area contributed by atoms with Gasteiger partial charge in [-0.25, -0.2) is 4.79 Å². The van der Waals surface area contributed by atoms with Crippen LogP contribution in [0.5, 0.6) is 0 Å². The van der Waals surface area contributed by atoms with Crippen molar-refractivity contribution in [3.8, 4) is 0 Å². The minimum atomic E-state index is -0.473. The van der Waals surface area contributed by atoms with Crippen LogP contribution in [0.3, 0.4) is 0 Å². The predicted octanol–water partition coefficient (Wildman–Crippen LogP) is 0.244. The van der Waals surface area contributed by atoms with Gasteiger partial charge in [0, 0.05) is 19.7 Å². The third kappa shape index (κ3) is 2.04. The van der Waals surface area contributed by atoms with Gasteiger partial charge in [-0.15, -0.1) is 0 Å². The van der Waals surface area contributed by atoms with Crippen molar-refractivity contribution in [3.05, 3.63) is 32.2 Å². The first-order chi connectivity index (χ1) is 9.38. The summed E-state index contributed by atoms with van der Waals surface area (Å²) in [6.45, 7) is 3.63. The summed E-state index contributed by atoms with van der Waals surface area (Å²) in [7, 11) is 2.90. The van der Waals surface area contributed by atoms with Gasteiger partial charge in [0.2, 0.25) is 5.71 Å². The van der Waals surface area contributed by atoms with Gasteiger partial charge in [-0.1, -0.05) is 0 Å². The average molecular weight is 280 g/mol. The fourth-order valence-electron chi connectivity index (χ4n) is 2.16. The number of aromatic nitrogens is 2. The lowest BCUT2D eigenvalue weighted by molar-refractivity contribution is -0.142. The quantitative estimate of drug-likeness (QED) is 0.752.